The van der Waals surface area contributed by atoms with Gasteiger partial charge in [-0.25, -0.2) is 0 Å². The standard InChI is InChI=1S/C15H30BrN/c1-5-13-6-8-15(9-7-13)17(4)11-14(10-16)12(2)3/h12-15H,5-11H2,1-4H3. The van der Waals surface area contributed by atoms with E-state index in [4.69, 9.17) is 0 Å². The molecule has 0 spiro atoms. The number of hydrogen-bond donors (Lipinski definition) is 0. The second kappa shape index (κ2) is 7.78. The highest BCUT2D eigenvalue weighted by Crippen LogP contribution is 2.29. The Hall–Kier alpha value is 0.440. The normalized spacial score (nSPS) is 27.7. The van der Waals surface area contributed by atoms with E-state index in [1.807, 2.05) is 0 Å². The highest BCUT2D eigenvalue weighted by Gasteiger charge is 2.25. The monoisotopic (exact) mass is 303 g/mol. The molecule has 17 heavy (non-hydrogen) atoms. The minimum Gasteiger partial charge on any atom is -0.303 e. The van der Waals surface area contributed by atoms with Crippen molar-refractivity contribution in [2.75, 3.05) is 18.9 Å². The second-order valence-electron chi connectivity index (χ2n) is 6.18. The molecule has 0 bridgehead atoms. The van der Waals surface area contributed by atoms with Crippen molar-refractivity contribution in [1.82, 2.24) is 4.90 Å². The summed E-state index contributed by atoms with van der Waals surface area (Å²) >= 11 is 3.66. The van der Waals surface area contributed by atoms with Crippen LogP contribution in [0.5, 0.6) is 0 Å². The molecule has 1 aliphatic rings. The van der Waals surface area contributed by atoms with Crippen LogP contribution in [-0.2, 0) is 0 Å². The van der Waals surface area contributed by atoms with Crippen LogP contribution in [0.3, 0.4) is 0 Å². The van der Waals surface area contributed by atoms with Crippen molar-refractivity contribution < 1.29 is 0 Å². The molecule has 0 N–H and O–H groups in total. The number of hydrogen-bond acceptors (Lipinski definition) is 1. The lowest BCUT2D eigenvalue weighted by Gasteiger charge is -2.36. The van der Waals surface area contributed by atoms with E-state index < -0.39 is 0 Å². The molecule has 1 aliphatic carbocycles. The van der Waals surface area contributed by atoms with Crippen molar-refractivity contribution in [2.24, 2.45) is 17.8 Å². The molecule has 0 aromatic rings. The van der Waals surface area contributed by atoms with Crippen molar-refractivity contribution in [1.29, 1.82) is 0 Å². The molecule has 0 amide bonds. The molecule has 1 atom stereocenters. The summed E-state index contributed by atoms with van der Waals surface area (Å²) in [6.45, 7) is 8.28. The maximum Gasteiger partial charge on any atom is 0.00925 e. The quantitative estimate of drug-likeness (QED) is 0.651. The molecule has 0 aromatic carbocycles. The first kappa shape index (κ1) is 15.5. The average molecular weight is 304 g/mol. The summed E-state index contributed by atoms with van der Waals surface area (Å²) in [4.78, 5) is 2.62. The van der Waals surface area contributed by atoms with E-state index in [0.29, 0.717) is 0 Å². The third-order valence-corrected chi connectivity index (χ3v) is 5.51. The predicted molar refractivity (Wildman–Crippen MR) is 80.8 cm³/mol. The Morgan fingerprint density at radius 1 is 1.18 bits per heavy atom. The molecular formula is C15H30BrN. The van der Waals surface area contributed by atoms with Gasteiger partial charge in [0.25, 0.3) is 0 Å². The van der Waals surface area contributed by atoms with E-state index in [2.05, 4.69) is 48.6 Å². The lowest BCUT2D eigenvalue weighted by molar-refractivity contribution is 0.138. The summed E-state index contributed by atoms with van der Waals surface area (Å²) < 4.78 is 0. The predicted octanol–water partition coefficient (Wildman–Crippen LogP) is 4.55. The molecule has 1 fully saturated rings. The van der Waals surface area contributed by atoms with Gasteiger partial charge in [-0.2, -0.15) is 0 Å². The first-order chi connectivity index (χ1) is 8.08. The van der Waals surface area contributed by atoms with Crippen LogP contribution in [0.25, 0.3) is 0 Å². The molecule has 0 aliphatic heterocycles. The van der Waals surface area contributed by atoms with Gasteiger partial charge in [-0.1, -0.05) is 43.1 Å². The smallest absolute Gasteiger partial charge is 0.00925 e. The fourth-order valence-electron chi connectivity index (χ4n) is 2.95. The molecule has 1 saturated carbocycles. The Balaban J connectivity index is 2.35. The molecule has 1 nitrogen and oxygen atoms in total. The Labute approximate surface area is 116 Å². The maximum absolute atomic E-state index is 3.66. The summed E-state index contributed by atoms with van der Waals surface area (Å²) in [5, 5.41) is 1.14. The average Bonchev–Trinajstić information content (AvgIpc) is 2.35. The fourth-order valence-corrected chi connectivity index (χ4v) is 3.90. The zero-order valence-corrected chi connectivity index (χ0v) is 13.7. The zero-order valence-electron chi connectivity index (χ0n) is 12.1. The lowest BCUT2D eigenvalue weighted by atomic mass is 9.83. The third-order valence-electron chi connectivity index (χ3n) is 4.68. The maximum atomic E-state index is 3.66. The molecule has 0 saturated heterocycles. The van der Waals surface area contributed by atoms with Crippen molar-refractivity contribution in [3.8, 4) is 0 Å². The first-order valence-electron chi connectivity index (χ1n) is 7.34. The summed E-state index contributed by atoms with van der Waals surface area (Å²) in [7, 11) is 2.33. The highest BCUT2D eigenvalue weighted by atomic mass is 79.9. The molecule has 1 rings (SSSR count). The van der Waals surface area contributed by atoms with Gasteiger partial charge in [0.05, 0.1) is 0 Å². The largest absolute Gasteiger partial charge is 0.303 e. The summed E-state index contributed by atoms with van der Waals surface area (Å²) in [5.41, 5.74) is 0. The van der Waals surface area contributed by atoms with Gasteiger partial charge < -0.3 is 4.90 Å². The minimum absolute atomic E-state index is 0.781. The van der Waals surface area contributed by atoms with E-state index in [-0.39, 0.29) is 0 Å². The van der Waals surface area contributed by atoms with Crippen LogP contribution in [0.15, 0.2) is 0 Å². The van der Waals surface area contributed by atoms with E-state index in [1.54, 1.807) is 0 Å². The molecule has 1 unspecified atom stereocenters. The van der Waals surface area contributed by atoms with Crippen molar-refractivity contribution in [3.05, 3.63) is 0 Å². The van der Waals surface area contributed by atoms with E-state index in [1.165, 1.54) is 38.6 Å². The van der Waals surface area contributed by atoms with Crippen LogP contribution >= 0.6 is 15.9 Å². The highest BCUT2D eigenvalue weighted by molar-refractivity contribution is 9.09. The van der Waals surface area contributed by atoms with Crippen LogP contribution in [-0.4, -0.2) is 29.9 Å². The van der Waals surface area contributed by atoms with Gasteiger partial charge in [-0.3, -0.25) is 0 Å². The van der Waals surface area contributed by atoms with Gasteiger partial charge in [0.15, 0.2) is 0 Å². The topological polar surface area (TPSA) is 3.24 Å². The minimum atomic E-state index is 0.781. The van der Waals surface area contributed by atoms with Gasteiger partial charge in [0.1, 0.15) is 0 Å². The SMILES string of the molecule is CCC1CCC(N(C)CC(CBr)C(C)C)CC1. The van der Waals surface area contributed by atoms with Crippen molar-refractivity contribution in [3.63, 3.8) is 0 Å². The molecule has 0 radical (unpaired) electrons. The van der Waals surface area contributed by atoms with Gasteiger partial charge in [-0.05, 0) is 50.5 Å². The first-order valence-corrected chi connectivity index (χ1v) is 8.46. The summed E-state index contributed by atoms with van der Waals surface area (Å²) in [5.74, 6) is 2.59. The van der Waals surface area contributed by atoms with E-state index >= 15 is 0 Å². The number of nitrogens with zero attached hydrogens (tertiary/aromatic N) is 1. The number of halogens is 1. The Kier molecular flexibility index (Phi) is 7.10. The molecule has 0 heterocycles. The van der Waals surface area contributed by atoms with Crippen molar-refractivity contribution in [2.45, 2.75) is 58.9 Å². The lowest BCUT2D eigenvalue weighted by Crippen LogP contribution is -2.39. The Bertz CT molecular complexity index is 197. The number of alkyl halides is 1. The molecular weight excluding hydrogens is 274 g/mol. The molecule has 2 heteroatoms. The van der Waals surface area contributed by atoms with Gasteiger partial charge in [0.2, 0.25) is 0 Å². The summed E-state index contributed by atoms with van der Waals surface area (Å²) in [6.07, 6.45) is 7.12. The van der Waals surface area contributed by atoms with Crippen molar-refractivity contribution >= 4 is 15.9 Å². The van der Waals surface area contributed by atoms with Crippen LogP contribution < -0.4 is 0 Å². The second-order valence-corrected chi connectivity index (χ2v) is 6.83. The summed E-state index contributed by atoms with van der Waals surface area (Å²) in [6, 6.07) is 0.845. The Morgan fingerprint density at radius 2 is 1.76 bits per heavy atom. The van der Waals surface area contributed by atoms with Gasteiger partial charge in [-0.15, -0.1) is 0 Å². The van der Waals surface area contributed by atoms with E-state index in [9.17, 15) is 0 Å². The van der Waals surface area contributed by atoms with E-state index in [0.717, 1.165) is 29.1 Å². The fraction of sp³-hybridized carbons (Fsp3) is 1.00. The molecule has 0 aromatic heterocycles. The van der Waals surface area contributed by atoms with Crippen LogP contribution in [0.1, 0.15) is 52.9 Å². The van der Waals surface area contributed by atoms with Crippen LogP contribution in [0.4, 0.5) is 0 Å². The van der Waals surface area contributed by atoms with Gasteiger partial charge >= 0.3 is 0 Å². The molecule has 102 valence electrons. The Morgan fingerprint density at radius 3 is 2.18 bits per heavy atom. The zero-order chi connectivity index (χ0) is 12.8. The third kappa shape index (κ3) is 4.90. The van der Waals surface area contributed by atoms with Crippen LogP contribution in [0, 0.1) is 17.8 Å². The van der Waals surface area contributed by atoms with Gasteiger partial charge in [0, 0.05) is 17.9 Å². The number of rotatable bonds is 6. The van der Waals surface area contributed by atoms with Crippen LogP contribution in [0.2, 0.25) is 0 Å².